The van der Waals surface area contributed by atoms with E-state index in [1.165, 1.54) is 15.6 Å². The second kappa shape index (κ2) is 7.73. The van der Waals surface area contributed by atoms with Crippen molar-refractivity contribution in [1.82, 2.24) is 4.31 Å². The molecule has 0 bridgehead atoms. The number of anilines is 1. The third kappa shape index (κ3) is 4.25. The molecule has 2 aromatic rings. The van der Waals surface area contributed by atoms with Crippen molar-refractivity contribution in [3.05, 3.63) is 45.8 Å². The second-order valence-corrected chi connectivity index (χ2v) is 10.8. The van der Waals surface area contributed by atoms with Gasteiger partial charge in [0.1, 0.15) is 4.21 Å². The number of hydrogen-bond donors (Lipinski definition) is 1. The van der Waals surface area contributed by atoms with Crippen LogP contribution < -0.4 is 5.32 Å². The molecule has 27 heavy (non-hydrogen) atoms. The molecule has 146 valence electrons. The first-order valence-electron chi connectivity index (χ1n) is 9.14. The van der Waals surface area contributed by atoms with Gasteiger partial charge in [0.05, 0.1) is 5.92 Å². The first-order valence-corrected chi connectivity index (χ1v) is 11.4. The van der Waals surface area contributed by atoms with Gasteiger partial charge in [-0.05, 0) is 63.8 Å². The van der Waals surface area contributed by atoms with Crippen LogP contribution in [-0.2, 0) is 14.8 Å². The molecule has 1 saturated heterocycles. The third-order valence-electron chi connectivity index (χ3n) is 4.99. The number of thiophene rings is 1. The third-order valence-corrected chi connectivity index (χ3v) is 8.32. The molecule has 0 saturated carbocycles. The van der Waals surface area contributed by atoms with E-state index in [0.717, 1.165) is 27.3 Å². The second-order valence-electron chi connectivity index (χ2n) is 7.33. The summed E-state index contributed by atoms with van der Waals surface area (Å²) in [4.78, 5) is 13.8. The quantitative estimate of drug-likeness (QED) is 0.834. The lowest BCUT2D eigenvalue weighted by Crippen LogP contribution is -2.43. The number of carbonyl (C=O) groups is 1. The molecule has 1 fully saturated rings. The van der Waals surface area contributed by atoms with Crippen LogP contribution in [0.1, 0.15) is 34.4 Å². The Morgan fingerprint density at radius 2 is 1.81 bits per heavy atom. The highest BCUT2D eigenvalue weighted by Gasteiger charge is 2.34. The fourth-order valence-electron chi connectivity index (χ4n) is 3.66. The SMILES string of the molecule is Cc1cc(C)c(NC(=O)C2CCCN(S(=O)(=O)c3ccc(C)s3)C2)c(C)c1. The topological polar surface area (TPSA) is 66.5 Å². The minimum atomic E-state index is -3.53. The number of sulfonamides is 1. The summed E-state index contributed by atoms with van der Waals surface area (Å²) in [5, 5.41) is 3.03. The molecule has 1 amide bonds. The first-order chi connectivity index (χ1) is 12.7. The van der Waals surface area contributed by atoms with Gasteiger partial charge in [-0.3, -0.25) is 4.79 Å². The Morgan fingerprint density at radius 1 is 1.15 bits per heavy atom. The normalized spacial score (nSPS) is 18.4. The average molecular weight is 407 g/mol. The molecule has 1 aliphatic rings. The molecule has 1 unspecified atom stereocenters. The number of hydrogen-bond acceptors (Lipinski definition) is 4. The number of nitrogens with one attached hydrogen (secondary N) is 1. The van der Waals surface area contributed by atoms with Crippen molar-refractivity contribution in [2.45, 2.75) is 44.7 Å². The van der Waals surface area contributed by atoms with Crippen molar-refractivity contribution < 1.29 is 13.2 Å². The minimum absolute atomic E-state index is 0.104. The maximum Gasteiger partial charge on any atom is 0.252 e. The highest BCUT2D eigenvalue weighted by molar-refractivity contribution is 7.91. The summed E-state index contributed by atoms with van der Waals surface area (Å²) in [5.74, 6) is -0.443. The maximum absolute atomic E-state index is 12.9. The Morgan fingerprint density at radius 3 is 2.41 bits per heavy atom. The largest absolute Gasteiger partial charge is 0.325 e. The lowest BCUT2D eigenvalue weighted by Gasteiger charge is -2.31. The molecular weight excluding hydrogens is 380 g/mol. The molecule has 0 aliphatic carbocycles. The van der Waals surface area contributed by atoms with Crippen LogP contribution in [-0.4, -0.2) is 31.7 Å². The lowest BCUT2D eigenvalue weighted by atomic mass is 9.98. The summed E-state index contributed by atoms with van der Waals surface area (Å²) in [7, 11) is -3.53. The fraction of sp³-hybridized carbons (Fsp3) is 0.450. The van der Waals surface area contributed by atoms with Gasteiger partial charge in [0.25, 0.3) is 10.0 Å². The Bertz CT molecular complexity index is 940. The number of piperidine rings is 1. The summed E-state index contributed by atoms with van der Waals surface area (Å²) in [6.07, 6.45) is 1.39. The number of rotatable bonds is 4. The highest BCUT2D eigenvalue weighted by Crippen LogP contribution is 2.29. The zero-order valence-corrected chi connectivity index (χ0v) is 17.8. The van der Waals surface area contributed by atoms with E-state index < -0.39 is 10.0 Å². The van der Waals surface area contributed by atoms with Gasteiger partial charge in [-0.1, -0.05) is 17.7 Å². The summed E-state index contributed by atoms with van der Waals surface area (Å²) < 4.78 is 27.6. The van der Waals surface area contributed by atoms with Crippen molar-refractivity contribution in [2.24, 2.45) is 5.92 Å². The van der Waals surface area contributed by atoms with Crippen molar-refractivity contribution in [1.29, 1.82) is 0 Å². The summed E-state index contributed by atoms with van der Waals surface area (Å²) >= 11 is 1.28. The van der Waals surface area contributed by atoms with Gasteiger partial charge in [-0.2, -0.15) is 4.31 Å². The molecule has 5 nitrogen and oxygen atoms in total. The predicted molar refractivity (Wildman–Crippen MR) is 110 cm³/mol. The standard InChI is InChI=1S/C20H26N2O3S2/c1-13-10-14(2)19(15(3)11-13)21-20(23)17-6-5-9-22(12-17)27(24,25)18-8-7-16(4)26-18/h7-8,10-11,17H,5-6,9,12H2,1-4H3,(H,21,23). The van der Waals surface area contributed by atoms with Gasteiger partial charge in [0.2, 0.25) is 5.91 Å². The van der Waals surface area contributed by atoms with Gasteiger partial charge in [-0.15, -0.1) is 11.3 Å². The van der Waals surface area contributed by atoms with Crippen LogP contribution in [0.5, 0.6) is 0 Å². The van der Waals surface area contributed by atoms with E-state index >= 15 is 0 Å². The zero-order valence-electron chi connectivity index (χ0n) is 16.2. The lowest BCUT2D eigenvalue weighted by molar-refractivity contribution is -0.120. The molecular formula is C20H26N2O3S2. The van der Waals surface area contributed by atoms with E-state index in [0.29, 0.717) is 23.6 Å². The van der Waals surface area contributed by atoms with Gasteiger partial charge >= 0.3 is 0 Å². The summed E-state index contributed by atoms with van der Waals surface area (Å²) in [6, 6.07) is 7.55. The smallest absolute Gasteiger partial charge is 0.252 e. The van der Waals surface area contributed by atoms with E-state index in [-0.39, 0.29) is 18.4 Å². The van der Waals surface area contributed by atoms with E-state index in [2.05, 4.69) is 5.32 Å². The first kappa shape index (κ1) is 20.0. The van der Waals surface area contributed by atoms with Crippen molar-refractivity contribution in [2.75, 3.05) is 18.4 Å². The van der Waals surface area contributed by atoms with Gasteiger partial charge in [-0.25, -0.2) is 8.42 Å². The predicted octanol–water partition coefficient (Wildman–Crippen LogP) is 4.02. The fourth-order valence-corrected chi connectivity index (χ4v) is 6.62. The van der Waals surface area contributed by atoms with Crippen LogP contribution in [0.25, 0.3) is 0 Å². The average Bonchev–Trinajstić information content (AvgIpc) is 3.05. The molecule has 0 radical (unpaired) electrons. The van der Waals surface area contributed by atoms with Crippen LogP contribution in [0.15, 0.2) is 28.5 Å². The van der Waals surface area contributed by atoms with E-state index in [1.54, 1.807) is 6.07 Å². The zero-order chi connectivity index (χ0) is 19.8. The van der Waals surface area contributed by atoms with Crippen molar-refractivity contribution >= 4 is 33.0 Å². The monoisotopic (exact) mass is 406 g/mol. The Kier molecular flexibility index (Phi) is 5.74. The summed E-state index contributed by atoms with van der Waals surface area (Å²) in [6.45, 7) is 8.57. The molecule has 3 rings (SSSR count). The molecule has 1 aliphatic heterocycles. The van der Waals surface area contributed by atoms with Gasteiger partial charge < -0.3 is 5.32 Å². The molecule has 1 N–H and O–H groups in total. The Balaban J connectivity index is 1.75. The van der Waals surface area contributed by atoms with Crippen LogP contribution in [0.4, 0.5) is 5.69 Å². The Labute approximate surface area is 165 Å². The molecule has 7 heteroatoms. The van der Waals surface area contributed by atoms with Crippen LogP contribution in [0.3, 0.4) is 0 Å². The van der Waals surface area contributed by atoms with Gasteiger partial charge in [0.15, 0.2) is 0 Å². The summed E-state index contributed by atoms with van der Waals surface area (Å²) in [5.41, 5.74) is 4.04. The van der Waals surface area contributed by atoms with Gasteiger partial charge in [0, 0.05) is 23.7 Å². The molecule has 1 aromatic carbocycles. The number of amides is 1. The maximum atomic E-state index is 12.9. The number of aryl methyl sites for hydroxylation is 4. The molecule has 1 atom stereocenters. The van der Waals surface area contributed by atoms with Crippen molar-refractivity contribution in [3.8, 4) is 0 Å². The van der Waals surface area contributed by atoms with E-state index in [9.17, 15) is 13.2 Å². The van der Waals surface area contributed by atoms with Crippen LogP contribution in [0, 0.1) is 33.6 Å². The number of carbonyl (C=O) groups excluding carboxylic acids is 1. The van der Waals surface area contributed by atoms with E-state index in [4.69, 9.17) is 0 Å². The van der Waals surface area contributed by atoms with Crippen LogP contribution in [0.2, 0.25) is 0 Å². The molecule has 1 aromatic heterocycles. The number of benzene rings is 1. The molecule has 0 spiro atoms. The van der Waals surface area contributed by atoms with E-state index in [1.807, 2.05) is 45.9 Å². The Hall–Kier alpha value is -1.70. The minimum Gasteiger partial charge on any atom is -0.325 e. The highest BCUT2D eigenvalue weighted by atomic mass is 32.2. The van der Waals surface area contributed by atoms with Crippen LogP contribution >= 0.6 is 11.3 Å². The molecule has 2 heterocycles. The number of nitrogens with zero attached hydrogens (tertiary/aromatic N) is 1. The van der Waals surface area contributed by atoms with Crippen molar-refractivity contribution in [3.63, 3.8) is 0 Å².